The molecular weight excluding hydrogens is 303 g/mol. The molecule has 0 aliphatic rings. The number of ether oxygens (including phenoxy) is 1. The minimum Gasteiger partial charge on any atom is -0.466 e. The molecule has 17 heavy (non-hydrogen) atoms. The van der Waals surface area contributed by atoms with E-state index in [1.165, 1.54) is 0 Å². The lowest BCUT2D eigenvalue weighted by Gasteiger charge is -2.09. The third kappa shape index (κ3) is 3.42. The highest BCUT2D eigenvalue weighted by atomic mass is 79.9. The first-order chi connectivity index (χ1) is 7.97. The molecule has 1 rings (SSSR count). The molecule has 0 fully saturated rings. The van der Waals surface area contributed by atoms with Gasteiger partial charge in [-0.05, 0) is 22.9 Å². The molecule has 0 saturated heterocycles. The van der Waals surface area contributed by atoms with Crippen molar-refractivity contribution in [1.29, 1.82) is 0 Å². The van der Waals surface area contributed by atoms with Crippen molar-refractivity contribution in [2.45, 2.75) is 19.8 Å². The Morgan fingerprint density at radius 3 is 2.76 bits per heavy atom. The number of alkyl halides is 2. The average Bonchev–Trinajstić information content (AvgIpc) is 2.23. The number of hydrogen-bond donors (Lipinski definition) is 0. The van der Waals surface area contributed by atoms with Crippen molar-refractivity contribution in [1.82, 2.24) is 4.98 Å². The molecule has 94 valence electrons. The van der Waals surface area contributed by atoms with Crippen molar-refractivity contribution >= 4 is 21.9 Å². The maximum atomic E-state index is 13.4. The fraction of sp³-hybridized carbons (Fsp3) is 0.400. The molecule has 0 bridgehead atoms. The Kier molecular flexibility index (Phi) is 4.92. The first-order valence-electron chi connectivity index (χ1n) is 4.73. The number of nitrogens with zero attached hydrogens (tertiary/aromatic N) is 1. The fourth-order valence-corrected chi connectivity index (χ4v) is 1.54. The molecule has 0 amide bonds. The molecule has 0 aromatic carbocycles. The Labute approximate surface area is 104 Å². The lowest BCUT2D eigenvalue weighted by atomic mass is 10.1. The van der Waals surface area contributed by atoms with E-state index >= 15 is 0 Å². The van der Waals surface area contributed by atoms with Gasteiger partial charge in [0, 0.05) is 6.20 Å². The van der Waals surface area contributed by atoms with Crippen LogP contribution < -0.4 is 0 Å². The van der Waals surface area contributed by atoms with E-state index < -0.39 is 30.2 Å². The van der Waals surface area contributed by atoms with Gasteiger partial charge in [0.15, 0.2) is 0 Å². The van der Waals surface area contributed by atoms with Gasteiger partial charge in [0.2, 0.25) is 0 Å². The van der Waals surface area contributed by atoms with E-state index in [0.29, 0.717) is 0 Å². The zero-order chi connectivity index (χ0) is 13.0. The molecule has 0 N–H and O–H groups in total. The van der Waals surface area contributed by atoms with Crippen molar-refractivity contribution < 1.29 is 22.7 Å². The predicted octanol–water partition coefficient (Wildman–Crippen LogP) is 3.03. The molecule has 1 aromatic rings. The van der Waals surface area contributed by atoms with Crippen molar-refractivity contribution in [3.05, 3.63) is 27.7 Å². The minimum atomic E-state index is -3.04. The summed E-state index contributed by atoms with van der Waals surface area (Å²) in [6.07, 6.45) is -2.47. The third-order valence-electron chi connectivity index (χ3n) is 1.93. The Hall–Kier alpha value is -1.11. The SMILES string of the molecule is CCOC(=O)Cc1ncc(Br)c(F)c1C(F)F. The Morgan fingerprint density at radius 1 is 1.59 bits per heavy atom. The average molecular weight is 312 g/mol. The van der Waals surface area contributed by atoms with E-state index in [2.05, 4.69) is 25.7 Å². The Morgan fingerprint density at radius 2 is 2.24 bits per heavy atom. The van der Waals surface area contributed by atoms with Crippen LogP contribution in [0.15, 0.2) is 10.7 Å². The van der Waals surface area contributed by atoms with E-state index in [-0.39, 0.29) is 16.8 Å². The number of carbonyl (C=O) groups is 1. The summed E-state index contributed by atoms with van der Waals surface area (Å²) in [4.78, 5) is 14.8. The van der Waals surface area contributed by atoms with E-state index in [0.717, 1.165) is 6.20 Å². The van der Waals surface area contributed by atoms with Crippen LogP contribution in [0.4, 0.5) is 13.2 Å². The molecule has 0 radical (unpaired) electrons. The van der Waals surface area contributed by atoms with Crippen LogP contribution in [0, 0.1) is 5.82 Å². The quantitative estimate of drug-likeness (QED) is 0.802. The number of esters is 1. The van der Waals surface area contributed by atoms with Crippen LogP contribution in [0.2, 0.25) is 0 Å². The molecule has 7 heteroatoms. The molecule has 0 atom stereocenters. The largest absolute Gasteiger partial charge is 0.466 e. The van der Waals surface area contributed by atoms with E-state index in [4.69, 9.17) is 0 Å². The maximum Gasteiger partial charge on any atom is 0.311 e. The summed E-state index contributed by atoms with van der Waals surface area (Å²) in [7, 11) is 0. The van der Waals surface area contributed by atoms with Gasteiger partial charge in [0.1, 0.15) is 5.82 Å². The highest BCUT2D eigenvalue weighted by Gasteiger charge is 2.23. The van der Waals surface area contributed by atoms with E-state index in [9.17, 15) is 18.0 Å². The zero-order valence-corrected chi connectivity index (χ0v) is 10.4. The summed E-state index contributed by atoms with van der Waals surface area (Å²) in [6.45, 7) is 1.71. The van der Waals surface area contributed by atoms with Crippen molar-refractivity contribution in [2.24, 2.45) is 0 Å². The smallest absolute Gasteiger partial charge is 0.311 e. The summed E-state index contributed by atoms with van der Waals surface area (Å²) < 4.78 is 43.2. The number of halogens is 4. The summed E-state index contributed by atoms with van der Waals surface area (Å²) in [5.41, 5.74) is -1.17. The molecule has 0 aliphatic carbocycles. The van der Waals surface area contributed by atoms with Crippen LogP contribution in [0.5, 0.6) is 0 Å². The second kappa shape index (κ2) is 6.00. The number of hydrogen-bond acceptors (Lipinski definition) is 3. The van der Waals surface area contributed by atoms with Gasteiger partial charge in [-0.1, -0.05) is 0 Å². The van der Waals surface area contributed by atoms with E-state index in [1.54, 1.807) is 6.92 Å². The molecule has 0 saturated carbocycles. The fourth-order valence-electron chi connectivity index (χ4n) is 1.23. The van der Waals surface area contributed by atoms with Gasteiger partial charge in [-0.2, -0.15) is 0 Å². The van der Waals surface area contributed by atoms with Crippen molar-refractivity contribution in [2.75, 3.05) is 6.61 Å². The molecular formula is C10H9BrF3NO2. The van der Waals surface area contributed by atoms with Gasteiger partial charge in [-0.3, -0.25) is 9.78 Å². The molecule has 0 spiro atoms. The number of pyridine rings is 1. The summed E-state index contributed by atoms with van der Waals surface area (Å²) >= 11 is 2.76. The van der Waals surface area contributed by atoms with Crippen LogP contribution in [-0.4, -0.2) is 17.6 Å². The normalized spacial score (nSPS) is 10.7. The highest BCUT2D eigenvalue weighted by molar-refractivity contribution is 9.10. The minimum absolute atomic E-state index is 0.127. The second-order valence-electron chi connectivity index (χ2n) is 3.06. The first-order valence-corrected chi connectivity index (χ1v) is 5.53. The highest BCUT2D eigenvalue weighted by Crippen LogP contribution is 2.29. The molecule has 0 aliphatic heterocycles. The standard InChI is InChI=1S/C10H9BrF3NO2/c1-2-17-7(16)3-6-8(10(13)14)9(12)5(11)4-15-6/h4,10H,2-3H2,1H3. The van der Waals surface area contributed by atoms with Crippen LogP contribution in [0.3, 0.4) is 0 Å². The predicted molar refractivity (Wildman–Crippen MR) is 57.2 cm³/mol. The molecule has 1 aromatic heterocycles. The van der Waals surface area contributed by atoms with Gasteiger partial charge < -0.3 is 4.74 Å². The summed E-state index contributed by atoms with van der Waals surface area (Å²) in [5.74, 6) is -1.82. The third-order valence-corrected chi connectivity index (χ3v) is 2.48. The number of carbonyl (C=O) groups excluding carboxylic acids is 1. The van der Waals surface area contributed by atoms with E-state index in [1.807, 2.05) is 0 Å². The monoisotopic (exact) mass is 311 g/mol. The van der Waals surface area contributed by atoms with Crippen LogP contribution in [0.1, 0.15) is 24.6 Å². The van der Waals surface area contributed by atoms with Gasteiger partial charge in [0.25, 0.3) is 6.43 Å². The van der Waals surface area contributed by atoms with Gasteiger partial charge >= 0.3 is 5.97 Å². The Balaban J connectivity index is 3.07. The summed E-state index contributed by atoms with van der Waals surface area (Å²) in [6, 6.07) is 0. The van der Waals surface area contributed by atoms with Crippen LogP contribution >= 0.6 is 15.9 Å². The second-order valence-corrected chi connectivity index (χ2v) is 3.92. The maximum absolute atomic E-state index is 13.4. The van der Waals surface area contributed by atoms with Gasteiger partial charge in [0.05, 0.1) is 28.8 Å². The topological polar surface area (TPSA) is 39.2 Å². The van der Waals surface area contributed by atoms with Crippen LogP contribution in [-0.2, 0) is 16.0 Å². The molecule has 3 nitrogen and oxygen atoms in total. The lowest BCUT2D eigenvalue weighted by Crippen LogP contribution is -2.12. The zero-order valence-electron chi connectivity index (χ0n) is 8.84. The lowest BCUT2D eigenvalue weighted by molar-refractivity contribution is -0.142. The Bertz CT molecular complexity index is 426. The number of aromatic nitrogens is 1. The molecule has 0 unspecified atom stereocenters. The van der Waals surface area contributed by atoms with Crippen molar-refractivity contribution in [3.63, 3.8) is 0 Å². The summed E-state index contributed by atoms with van der Waals surface area (Å²) in [5, 5.41) is 0. The van der Waals surface area contributed by atoms with Gasteiger partial charge in [-0.25, -0.2) is 13.2 Å². The first kappa shape index (κ1) is 14.0. The van der Waals surface area contributed by atoms with Gasteiger partial charge in [-0.15, -0.1) is 0 Å². The van der Waals surface area contributed by atoms with Crippen molar-refractivity contribution in [3.8, 4) is 0 Å². The molecule has 1 heterocycles. The number of rotatable bonds is 4. The van der Waals surface area contributed by atoms with Crippen LogP contribution in [0.25, 0.3) is 0 Å².